The molecule has 1 amide bonds. The molecule has 0 radical (unpaired) electrons. The molecular formula is C19H17F4NO4. The van der Waals surface area contributed by atoms with Crippen LogP contribution < -0.4 is 5.32 Å². The van der Waals surface area contributed by atoms with E-state index in [0.29, 0.717) is 24.5 Å². The van der Waals surface area contributed by atoms with Gasteiger partial charge in [-0.05, 0) is 43.5 Å². The third-order valence-corrected chi connectivity index (χ3v) is 4.87. The third kappa shape index (κ3) is 4.02. The SMILES string of the molecule is Cc1coc(CC(=O)O)c1C(=O)NCC1(c2cc(F)cc(C(F)(F)F)c2)CC1. The summed E-state index contributed by atoms with van der Waals surface area (Å²) in [6.07, 6.45) is -2.88. The van der Waals surface area contributed by atoms with Gasteiger partial charge in [-0.2, -0.15) is 13.2 Å². The van der Waals surface area contributed by atoms with Gasteiger partial charge in [-0.25, -0.2) is 4.39 Å². The van der Waals surface area contributed by atoms with Gasteiger partial charge in [0.05, 0.1) is 17.4 Å². The summed E-state index contributed by atoms with van der Waals surface area (Å²) in [7, 11) is 0. The molecule has 1 aromatic carbocycles. The molecule has 2 aromatic rings. The number of nitrogens with one attached hydrogen (secondary N) is 1. The topological polar surface area (TPSA) is 79.5 Å². The average molecular weight is 399 g/mol. The molecular weight excluding hydrogens is 382 g/mol. The van der Waals surface area contributed by atoms with E-state index < -0.39 is 41.3 Å². The normalized spacial score (nSPS) is 15.3. The summed E-state index contributed by atoms with van der Waals surface area (Å²) < 4.78 is 57.7. The summed E-state index contributed by atoms with van der Waals surface area (Å²) in [6, 6.07) is 2.39. The molecule has 1 fully saturated rings. The minimum absolute atomic E-state index is 0.00235. The number of aryl methyl sites for hydroxylation is 1. The highest BCUT2D eigenvalue weighted by molar-refractivity contribution is 5.97. The standard InChI is InChI=1S/C19H17F4NO4/c1-10-8-28-14(7-15(25)26)16(10)17(27)24-9-18(2-3-18)11-4-12(19(21,22)23)6-13(20)5-11/h4-6,8H,2-3,7,9H2,1H3,(H,24,27)(H,25,26). The Morgan fingerprint density at radius 2 is 1.93 bits per heavy atom. The Hall–Kier alpha value is -2.84. The number of halogens is 4. The summed E-state index contributed by atoms with van der Waals surface area (Å²) >= 11 is 0. The largest absolute Gasteiger partial charge is 0.481 e. The number of carbonyl (C=O) groups excluding carboxylic acids is 1. The molecule has 2 N–H and O–H groups in total. The molecule has 0 aliphatic heterocycles. The maximum atomic E-state index is 13.7. The van der Waals surface area contributed by atoms with Gasteiger partial charge >= 0.3 is 12.1 Å². The van der Waals surface area contributed by atoms with Gasteiger partial charge < -0.3 is 14.8 Å². The second kappa shape index (κ2) is 6.96. The Labute approximate surface area is 157 Å². The number of carboxylic acids is 1. The lowest BCUT2D eigenvalue weighted by atomic mass is 9.93. The highest BCUT2D eigenvalue weighted by Gasteiger charge is 2.46. The van der Waals surface area contributed by atoms with Crippen molar-refractivity contribution in [3.8, 4) is 0 Å². The van der Waals surface area contributed by atoms with Gasteiger partial charge in [0.15, 0.2) is 0 Å². The molecule has 0 unspecified atom stereocenters. The van der Waals surface area contributed by atoms with Crippen LogP contribution in [0.1, 0.15) is 45.7 Å². The van der Waals surface area contributed by atoms with E-state index in [1.165, 1.54) is 6.26 Å². The molecule has 1 saturated carbocycles. The number of alkyl halides is 3. The number of hydrogen-bond donors (Lipinski definition) is 2. The number of hydrogen-bond acceptors (Lipinski definition) is 3. The predicted molar refractivity (Wildman–Crippen MR) is 89.4 cm³/mol. The number of carbonyl (C=O) groups is 2. The number of carboxylic acid groups (broad SMARTS) is 1. The van der Waals surface area contributed by atoms with Crippen molar-refractivity contribution >= 4 is 11.9 Å². The van der Waals surface area contributed by atoms with Crippen molar-refractivity contribution in [3.63, 3.8) is 0 Å². The number of rotatable bonds is 6. The molecule has 0 spiro atoms. The van der Waals surface area contributed by atoms with Crippen molar-refractivity contribution in [1.82, 2.24) is 5.32 Å². The van der Waals surface area contributed by atoms with Gasteiger partial charge in [-0.15, -0.1) is 0 Å². The van der Waals surface area contributed by atoms with Crippen LogP contribution in [-0.4, -0.2) is 23.5 Å². The van der Waals surface area contributed by atoms with Crippen LogP contribution in [0.5, 0.6) is 0 Å². The summed E-state index contributed by atoms with van der Waals surface area (Å²) in [5, 5.41) is 11.5. The zero-order valence-electron chi connectivity index (χ0n) is 14.8. The van der Waals surface area contributed by atoms with Gasteiger partial charge in [0.25, 0.3) is 5.91 Å². The predicted octanol–water partition coefficient (Wildman–Crippen LogP) is 3.83. The second-order valence-electron chi connectivity index (χ2n) is 6.98. The summed E-state index contributed by atoms with van der Waals surface area (Å²) in [6.45, 7) is 1.59. The zero-order valence-corrected chi connectivity index (χ0v) is 14.8. The smallest absolute Gasteiger partial charge is 0.416 e. The molecule has 1 heterocycles. The highest BCUT2D eigenvalue weighted by atomic mass is 19.4. The molecule has 150 valence electrons. The van der Waals surface area contributed by atoms with E-state index in [9.17, 15) is 27.2 Å². The third-order valence-electron chi connectivity index (χ3n) is 4.87. The lowest BCUT2D eigenvalue weighted by molar-refractivity contribution is -0.138. The van der Waals surface area contributed by atoms with Crippen molar-refractivity contribution in [1.29, 1.82) is 0 Å². The Bertz CT molecular complexity index is 929. The Morgan fingerprint density at radius 1 is 1.25 bits per heavy atom. The first-order valence-corrected chi connectivity index (χ1v) is 8.47. The van der Waals surface area contributed by atoms with Crippen molar-refractivity contribution < 1.29 is 36.7 Å². The first-order valence-electron chi connectivity index (χ1n) is 8.47. The van der Waals surface area contributed by atoms with E-state index in [-0.39, 0.29) is 23.4 Å². The Morgan fingerprint density at radius 3 is 2.50 bits per heavy atom. The van der Waals surface area contributed by atoms with Crippen molar-refractivity contribution in [2.45, 2.75) is 37.8 Å². The van der Waals surface area contributed by atoms with Crippen LogP contribution in [0.2, 0.25) is 0 Å². The molecule has 1 aromatic heterocycles. The molecule has 1 aliphatic rings. The lowest BCUT2D eigenvalue weighted by Crippen LogP contribution is -2.33. The van der Waals surface area contributed by atoms with Crippen LogP contribution in [0.4, 0.5) is 17.6 Å². The van der Waals surface area contributed by atoms with E-state index in [0.717, 1.165) is 12.1 Å². The maximum absolute atomic E-state index is 13.7. The van der Waals surface area contributed by atoms with Crippen LogP contribution in [0, 0.1) is 12.7 Å². The van der Waals surface area contributed by atoms with E-state index in [2.05, 4.69) is 5.32 Å². The zero-order chi connectivity index (χ0) is 20.7. The molecule has 0 atom stereocenters. The Balaban J connectivity index is 1.79. The van der Waals surface area contributed by atoms with Crippen LogP contribution in [0.15, 0.2) is 28.9 Å². The van der Waals surface area contributed by atoms with Crippen LogP contribution in [-0.2, 0) is 22.8 Å². The number of amides is 1. The number of aliphatic carboxylic acids is 1. The lowest BCUT2D eigenvalue weighted by Gasteiger charge is -2.19. The molecule has 5 nitrogen and oxygen atoms in total. The van der Waals surface area contributed by atoms with Crippen LogP contribution in [0.25, 0.3) is 0 Å². The van der Waals surface area contributed by atoms with Gasteiger partial charge in [0, 0.05) is 17.5 Å². The van der Waals surface area contributed by atoms with Gasteiger partial charge in [0.2, 0.25) is 0 Å². The number of furan rings is 1. The first kappa shape index (κ1) is 19.9. The maximum Gasteiger partial charge on any atom is 0.416 e. The minimum Gasteiger partial charge on any atom is -0.481 e. The molecule has 3 rings (SSSR count). The quantitative estimate of drug-likeness (QED) is 0.724. The molecule has 0 bridgehead atoms. The van der Waals surface area contributed by atoms with Crippen molar-refractivity contribution in [2.75, 3.05) is 6.54 Å². The summed E-state index contributed by atoms with van der Waals surface area (Å²) in [5.74, 6) is -2.74. The van der Waals surface area contributed by atoms with Gasteiger partial charge in [-0.1, -0.05) is 0 Å². The summed E-state index contributed by atoms with van der Waals surface area (Å²) in [5.41, 5.74) is -1.14. The van der Waals surface area contributed by atoms with Crippen molar-refractivity contribution in [2.24, 2.45) is 0 Å². The van der Waals surface area contributed by atoms with Crippen LogP contribution in [0.3, 0.4) is 0 Å². The van der Waals surface area contributed by atoms with Gasteiger partial charge in [0.1, 0.15) is 18.0 Å². The fraction of sp³-hybridized carbons (Fsp3) is 0.368. The van der Waals surface area contributed by atoms with E-state index >= 15 is 0 Å². The minimum atomic E-state index is -4.67. The summed E-state index contributed by atoms with van der Waals surface area (Å²) in [4.78, 5) is 23.4. The van der Waals surface area contributed by atoms with E-state index in [4.69, 9.17) is 9.52 Å². The average Bonchev–Trinajstić information content (AvgIpc) is 3.29. The molecule has 1 aliphatic carbocycles. The van der Waals surface area contributed by atoms with E-state index in [1.807, 2.05) is 0 Å². The molecule has 28 heavy (non-hydrogen) atoms. The Kier molecular flexibility index (Phi) is 4.95. The second-order valence-corrected chi connectivity index (χ2v) is 6.98. The first-order chi connectivity index (χ1) is 13.0. The monoisotopic (exact) mass is 399 g/mol. The van der Waals surface area contributed by atoms with Crippen molar-refractivity contribution in [3.05, 3.63) is 58.3 Å². The van der Waals surface area contributed by atoms with E-state index in [1.54, 1.807) is 6.92 Å². The highest BCUT2D eigenvalue weighted by Crippen LogP contribution is 2.49. The fourth-order valence-electron chi connectivity index (χ4n) is 3.19. The fourth-order valence-corrected chi connectivity index (χ4v) is 3.19. The molecule has 9 heteroatoms. The van der Waals surface area contributed by atoms with Crippen LogP contribution >= 0.6 is 0 Å². The number of benzene rings is 1. The van der Waals surface area contributed by atoms with Gasteiger partial charge in [-0.3, -0.25) is 9.59 Å². The molecule has 0 saturated heterocycles.